The molecule has 0 bridgehead atoms. The minimum absolute atomic E-state index is 0.313. The maximum Gasteiger partial charge on any atom is 0.255 e. The van der Waals surface area contributed by atoms with E-state index in [0.717, 1.165) is 0 Å². The summed E-state index contributed by atoms with van der Waals surface area (Å²) in [6.07, 6.45) is 1.52. The largest absolute Gasteiger partial charge is 0.339 e. The molecule has 3 rings (SSSR count). The van der Waals surface area contributed by atoms with Crippen molar-refractivity contribution in [2.75, 3.05) is 10.6 Å². The van der Waals surface area contributed by atoms with Crippen molar-refractivity contribution in [3.63, 3.8) is 0 Å². The van der Waals surface area contributed by atoms with Crippen LogP contribution in [0.2, 0.25) is 10.0 Å². The number of hydrogen-bond donors (Lipinski definition) is 2. The SMILES string of the molecule is N#Cc1ccccc1Nc1ccc(NC(=O)c2ccc(Cl)c(Cl)c2)cn1. The monoisotopic (exact) mass is 382 g/mol. The number of benzene rings is 2. The van der Waals surface area contributed by atoms with Crippen LogP contribution in [0.1, 0.15) is 15.9 Å². The first-order valence-corrected chi connectivity index (χ1v) is 8.31. The van der Waals surface area contributed by atoms with Crippen LogP contribution in [0.4, 0.5) is 17.2 Å². The smallest absolute Gasteiger partial charge is 0.255 e. The summed E-state index contributed by atoms with van der Waals surface area (Å²) in [5, 5.41) is 15.6. The van der Waals surface area contributed by atoms with Crippen LogP contribution < -0.4 is 10.6 Å². The zero-order valence-electron chi connectivity index (χ0n) is 13.3. The lowest BCUT2D eigenvalue weighted by Crippen LogP contribution is -2.12. The van der Waals surface area contributed by atoms with E-state index >= 15 is 0 Å². The van der Waals surface area contributed by atoms with Crippen LogP contribution in [0, 0.1) is 11.3 Å². The summed E-state index contributed by atoms with van der Waals surface area (Å²) in [5.41, 5.74) is 2.10. The van der Waals surface area contributed by atoms with E-state index in [-0.39, 0.29) is 5.91 Å². The Hall–Kier alpha value is -3.07. The molecule has 0 atom stereocenters. The highest BCUT2D eigenvalue weighted by Crippen LogP contribution is 2.23. The van der Waals surface area contributed by atoms with Gasteiger partial charge in [0.15, 0.2) is 0 Å². The molecular weight excluding hydrogens is 371 g/mol. The van der Waals surface area contributed by atoms with E-state index in [1.807, 2.05) is 6.07 Å². The lowest BCUT2D eigenvalue weighted by molar-refractivity contribution is 0.102. The van der Waals surface area contributed by atoms with Gasteiger partial charge in [-0.05, 0) is 42.5 Å². The zero-order chi connectivity index (χ0) is 18.5. The molecule has 2 aromatic carbocycles. The molecule has 26 heavy (non-hydrogen) atoms. The number of halogens is 2. The van der Waals surface area contributed by atoms with Crippen molar-refractivity contribution in [2.45, 2.75) is 0 Å². The van der Waals surface area contributed by atoms with Crippen LogP contribution in [0.15, 0.2) is 60.8 Å². The summed E-state index contributed by atoms with van der Waals surface area (Å²) >= 11 is 11.8. The maximum atomic E-state index is 12.2. The van der Waals surface area contributed by atoms with E-state index in [1.165, 1.54) is 12.3 Å². The first kappa shape index (κ1) is 17.7. The van der Waals surface area contributed by atoms with Crippen LogP contribution in [-0.4, -0.2) is 10.9 Å². The van der Waals surface area contributed by atoms with E-state index in [1.54, 1.807) is 42.5 Å². The fourth-order valence-corrected chi connectivity index (χ4v) is 2.51. The predicted octanol–water partition coefficient (Wildman–Crippen LogP) is 5.26. The Morgan fingerprint density at radius 1 is 1.04 bits per heavy atom. The lowest BCUT2D eigenvalue weighted by atomic mass is 10.2. The van der Waals surface area contributed by atoms with Gasteiger partial charge < -0.3 is 10.6 Å². The highest BCUT2D eigenvalue weighted by atomic mass is 35.5. The second-order valence-corrected chi connectivity index (χ2v) is 6.11. The van der Waals surface area contributed by atoms with Gasteiger partial charge >= 0.3 is 0 Å². The summed E-state index contributed by atoms with van der Waals surface area (Å²) in [6.45, 7) is 0. The second-order valence-electron chi connectivity index (χ2n) is 5.30. The quantitative estimate of drug-likeness (QED) is 0.645. The number of amides is 1. The molecule has 1 heterocycles. The number of rotatable bonds is 4. The van der Waals surface area contributed by atoms with Crippen molar-refractivity contribution in [1.29, 1.82) is 5.26 Å². The molecule has 0 spiro atoms. The number of aromatic nitrogens is 1. The van der Waals surface area contributed by atoms with Gasteiger partial charge in [-0.2, -0.15) is 5.26 Å². The molecule has 0 aliphatic carbocycles. The molecule has 2 N–H and O–H groups in total. The minimum atomic E-state index is -0.319. The number of hydrogen-bond acceptors (Lipinski definition) is 4. The maximum absolute atomic E-state index is 12.2. The van der Waals surface area contributed by atoms with Gasteiger partial charge in [-0.1, -0.05) is 35.3 Å². The topological polar surface area (TPSA) is 77.8 Å². The van der Waals surface area contributed by atoms with Gasteiger partial charge in [-0.15, -0.1) is 0 Å². The van der Waals surface area contributed by atoms with Crippen LogP contribution in [0.3, 0.4) is 0 Å². The van der Waals surface area contributed by atoms with Crippen LogP contribution in [-0.2, 0) is 0 Å². The number of carbonyl (C=O) groups is 1. The third kappa shape index (κ3) is 4.12. The van der Waals surface area contributed by atoms with Crippen molar-refractivity contribution >= 4 is 46.3 Å². The summed E-state index contributed by atoms with van der Waals surface area (Å²) in [5.74, 6) is 0.237. The Labute approximate surface area is 160 Å². The Morgan fingerprint density at radius 2 is 1.85 bits per heavy atom. The first-order chi connectivity index (χ1) is 12.6. The summed E-state index contributed by atoms with van der Waals surface area (Å²) < 4.78 is 0. The van der Waals surface area contributed by atoms with Gasteiger partial charge in [0.1, 0.15) is 11.9 Å². The summed E-state index contributed by atoms with van der Waals surface area (Å²) in [6, 6.07) is 17.3. The van der Waals surface area contributed by atoms with Crippen molar-refractivity contribution < 1.29 is 4.79 Å². The summed E-state index contributed by atoms with van der Waals surface area (Å²) in [4.78, 5) is 16.5. The van der Waals surface area contributed by atoms with E-state index < -0.39 is 0 Å². The molecule has 1 amide bonds. The lowest BCUT2D eigenvalue weighted by Gasteiger charge is -2.09. The van der Waals surface area contributed by atoms with Gasteiger partial charge in [0.05, 0.1) is 33.2 Å². The molecule has 0 fully saturated rings. The highest BCUT2D eigenvalue weighted by molar-refractivity contribution is 6.42. The van der Waals surface area contributed by atoms with Crippen LogP contribution >= 0.6 is 23.2 Å². The molecule has 0 aliphatic rings. The average Bonchev–Trinajstić information content (AvgIpc) is 2.66. The molecule has 0 radical (unpaired) electrons. The Morgan fingerprint density at radius 3 is 2.54 bits per heavy atom. The number of para-hydroxylation sites is 1. The van der Waals surface area contributed by atoms with Gasteiger partial charge in [0, 0.05) is 5.56 Å². The molecule has 0 aliphatic heterocycles. The Bertz CT molecular complexity index is 997. The number of carbonyl (C=O) groups excluding carboxylic acids is 1. The number of pyridine rings is 1. The minimum Gasteiger partial charge on any atom is -0.339 e. The van der Waals surface area contributed by atoms with Gasteiger partial charge in [-0.25, -0.2) is 4.98 Å². The van der Waals surface area contributed by atoms with E-state index in [9.17, 15) is 4.79 Å². The fraction of sp³-hybridized carbons (Fsp3) is 0. The van der Waals surface area contributed by atoms with E-state index in [0.29, 0.717) is 38.4 Å². The van der Waals surface area contributed by atoms with Crippen molar-refractivity contribution in [3.05, 3.63) is 82.0 Å². The highest BCUT2D eigenvalue weighted by Gasteiger charge is 2.09. The first-order valence-electron chi connectivity index (χ1n) is 7.55. The van der Waals surface area contributed by atoms with Crippen molar-refractivity contribution in [2.24, 2.45) is 0 Å². The molecule has 7 heteroatoms. The van der Waals surface area contributed by atoms with Crippen molar-refractivity contribution in [3.8, 4) is 6.07 Å². The normalized spacial score (nSPS) is 10.0. The van der Waals surface area contributed by atoms with E-state index in [4.69, 9.17) is 28.5 Å². The predicted molar refractivity (Wildman–Crippen MR) is 103 cm³/mol. The number of anilines is 3. The fourth-order valence-electron chi connectivity index (χ4n) is 2.21. The second kappa shape index (κ2) is 7.87. The third-order valence-electron chi connectivity index (χ3n) is 3.51. The zero-order valence-corrected chi connectivity index (χ0v) is 14.8. The number of nitrogens with zero attached hydrogens (tertiary/aromatic N) is 2. The van der Waals surface area contributed by atoms with Gasteiger partial charge in [-0.3, -0.25) is 4.79 Å². The Balaban J connectivity index is 1.70. The molecule has 5 nitrogen and oxygen atoms in total. The molecule has 0 unspecified atom stereocenters. The standard InChI is InChI=1S/C19H12Cl2N4O/c20-15-7-5-12(9-16(15)21)19(26)24-14-6-8-18(23-11-14)25-17-4-2-1-3-13(17)10-22/h1-9,11H,(H,23,25)(H,24,26). The van der Waals surface area contributed by atoms with Crippen LogP contribution in [0.5, 0.6) is 0 Å². The van der Waals surface area contributed by atoms with Crippen LogP contribution in [0.25, 0.3) is 0 Å². The third-order valence-corrected chi connectivity index (χ3v) is 4.25. The summed E-state index contributed by atoms with van der Waals surface area (Å²) in [7, 11) is 0. The molecule has 0 saturated carbocycles. The average molecular weight is 383 g/mol. The number of nitriles is 1. The number of nitrogens with one attached hydrogen (secondary N) is 2. The molecule has 128 valence electrons. The van der Waals surface area contributed by atoms with Gasteiger partial charge in [0.25, 0.3) is 5.91 Å². The van der Waals surface area contributed by atoms with Gasteiger partial charge in [0.2, 0.25) is 0 Å². The van der Waals surface area contributed by atoms with Crippen molar-refractivity contribution in [1.82, 2.24) is 4.98 Å². The van der Waals surface area contributed by atoms with E-state index in [2.05, 4.69) is 21.7 Å². The molecule has 1 aromatic heterocycles. The molecule has 3 aromatic rings. The molecule has 0 saturated heterocycles. The molecular formula is C19H12Cl2N4O. The Kier molecular flexibility index (Phi) is 5.37.